The Labute approximate surface area is 183 Å². The van der Waals surface area contributed by atoms with Crippen LogP contribution in [0.2, 0.25) is 0 Å². The average Bonchev–Trinajstić information content (AvgIpc) is 3.30. The lowest BCUT2D eigenvalue weighted by atomic mass is 10.0. The third-order valence-corrected chi connectivity index (χ3v) is 9.25. The first kappa shape index (κ1) is 20.2. The van der Waals surface area contributed by atoms with Crippen molar-refractivity contribution in [3.05, 3.63) is 46.9 Å². The minimum absolute atomic E-state index is 0.0842. The fourth-order valence-electron chi connectivity index (χ4n) is 3.72. The molecular formula is C21H22FN5O2S2. The summed E-state index contributed by atoms with van der Waals surface area (Å²) in [6.45, 7) is 1.74. The van der Waals surface area contributed by atoms with Gasteiger partial charge in [0.05, 0.1) is 20.3 Å². The zero-order chi connectivity index (χ0) is 22.0. The summed E-state index contributed by atoms with van der Waals surface area (Å²) in [5.74, 6) is 5.14. The molecule has 2 aliphatic rings. The number of nitrogens with two attached hydrogens (primary N) is 1. The highest BCUT2D eigenvalue weighted by Crippen LogP contribution is 2.42. The van der Waals surface area contributed by atoms with Gasteiger partial charge in [0.15, 0.2) is 0 Å². The van der Waals surface area contributed by atoms with E-state index in [4.69, 9.17) is 10.3 Å². The summed E-state index contributed by atoms with van der Waals surface area (Å²) in [5.41, 5.74) is 6.54. The third kappa shape index (κ3) is 3.53. The van der Waals surface area contributed by atoms with E-state index in [9.17, 15) is 4.21 Å². The predicted octanol–water partition coefficient (Wildman–Crippen LogP) is 3.59. The molecule has 31 heavy (non-hydrogen) atoms. The van der Waals surface area contributed by atoms with Crippen molar-refractivity contribution in [1.82, 2.24) is 14.4 Å². The monoisotopic (exact) mass is 459 g/mol. The van der Waals surface area contributed by atoms with Crippen LogP contribution in [-0.4, -0.2) is 43.3 Å². The number of rotatable bonds is 4. The molecule has 162 valence electrons. The number of thiophene rings is 1. The topological polar surface area (TPSA) is 97.6 Å². The molecule has 5 rings (SSSR count). The Kier molecular flexibility index (Phi) is 4.49. The van der Waals surface area contributed by atoms with Crippen molar-refractivity contribution in [2.45, 2.75) is 31.2 Å². The lowest BCUT2D eigenvalue weighted by Crippen LogP contribution is -2.50. The van der Waals surface area contributed by atoms with Crippen molar-refractivity contribution in [3.8, 4) is 21.8 Å². The molecule has 2 N–H and O–H groups in total. The molecule has 0 spiro atoms. The van der Waals surface area contributed by atoms with Gasteiger partial charge in [-0.25, -0.2) is 13.6 Å². The van der Waals surface area contributed by atoms with Gasteiger partial charge in [-0.1, -0.05) is 23.4 Å². The minimum Gasteiger partial charge on any atom is -0.369 e. The van der Waals surface area contributed by atoms with Gasteiger partial charge in [0.2, 0.25) is 17.7 Å². The van der Waals surface area contributed by atoms with Crippen molar-refractivity contribution in [1.29, 1.82) is 0 Å². The number of aliphatic imine (C=N–C) groups is 1. The third-order valence-electron chi connectivity index (χ3n) is 5.64. The summed E-state index contributed by atoms with van der Waals surface area (Å²) in [5, 5.41) is 4.09. The standard InChI is InChI=1S/C21H22FN5O2S2/c1-21(11-31(3,28)27(2)20(23)25-21)17-15(22)10-16(30-17)13-5-4-6-14(9-13)18-24-19(29-26-18)12-7-8-12/h4-6,9-10,12H,3,7-8,11H2,1-2H3,(H2,23,25)/t21-,31?/m0/s1. The van der Waals surface area contributed by atoms with Crippen LogP contribution in [-0.2, 0) is 15.2 Å². The lowest BCUT2D eigenvalue weighted by Gasteiger charge is -2.36. The van der Waals surface area contributed by atoms with Crippen molar-refractivity contribution in [2.24, 2.45) is 10.7 Å². The van der Waals surface area contributed by atoms with Crippen LogP contribution in [0.25, 0.3) is 21.8 Å². The quantitative estimate of drug-likeness (QED) is 0.602. The molecule has 0 saturated heterocycles. The van der Waals surface area contributed by atoms with Crippen LogP contribution in [0.3, 0.4) is 0 Å². The second kappa shape index (κ2) is 6.89. The first-order chi connectivity index (χ1) is 14.7. The number of halogens is 1. The van der Waals surface area contributed by atoms with E-state index in [1.54, 1.807) is 14.0 Å². The summed E-state index contributed by atoms with van der Waals surface area (Å²) < 4.78 is 34.7. The fraction of sp³-hybridized carbons (Fsp3) is 0.333. The van der Waals surface area contributed by atoms with Gasteiger partial charge in [-0.05, 0) is 43.3 Å². The van der Waals surface area contributed by atoms with E-state index in [0.717, 1.165) is 28.8 Å². The number of nitrogens with zero attached hydrogens (tertiary/aromatic N) is 4. The van der Waals surface area contributed by atoms with Crippen LogP contribution >= 0.6 is 11.3 Å². The zero-order valence-corrected chi connectivity index (χ0v) is 18.8. The second-order valence-electron chi connectivity index (χ2n) is 8.26. The summed E-state index contributed by atoms with van der Waals surface area (Å²) in [6.07, 6.45) is 2.17. The molecule has 0 amide bonds. The van der Waals surface area contributed by atoms with Crippen molar-refractivity contribution >= 4 is 32.9 Å². The predicted molar refractivity (Wildman–Crippen MR) is 122 cm³/mol. The van der Waals surface area contributed by atoms with Gasteiger partial charge in [0.1, 0.15) is 11.4 Å². The summed E-state index contributed by atoms with van der Waals surface area (Å²) in [4.78, 5) is 10.1. The van der Waals surface area contributed by atoms with Gasteiger partial charge in [0.25, 0.3) is 0 Å². The van der Waals surface area contributed by atoms with Crippen LogP contribution in [0.15, 0.2) is 39.8 Å². The molecule has 1 aromatic carbocycles. The molecule has 3 heterocycles. The molecular weight excluding hydrogens is 437 g/mol. The zero-order valence-electron chi connectivity index (χ0n) is 17.2. The van der Waals surface area contributed by atoms with Crippen molar-refractivity contribution < 1.29 is 13.1 Å². The van der Waals surface area contributed by atoms with Crippen LogP contribution in [0, 0.1) is 5.82 Å². The largest absolute Gasteiger partial charge is 0.369 e. The Morgan fingerprint density at radius 1 is 1.35 bits per heavy atom. The Bertz CT molecular complexity index is 1310. The van der Waals surface area contributed by atoms with Gasteiger partial charge in [-0.2, -0.15) is 4.98 Å². The Hall–Kier alpha value is -2.72. The number of aromatic nitrogens is 2. The Balaban J connectivity index is 1.51. The smallest absolute Gasteiger partial charge is 0.230 e. The van der Waals surface area contributed by atoms with Crippen LogP contribution in [0.5, 0.6) is 0 Å². The molecule has 0 radical (unpaired) electrons. The van der Waals surface area contributed by atoms with E-state index in [1.165, 1.54) is 21.7 Å². The molecule has 2 atom stereocenters. The van der Waals surface area contributed by atoms with Crippen LogP contribution in [0.1, 0.15) is 36.5 Å². The SMILES string of the molecule is C=S1(=O)C[C@@](C)(c2sc(-c3cccc(-c4noc(C5CC5)n4)c3)cc2F)N=C(N)N1C. The van der Waals surface area contributed by atoms with Gasteiger partial charge in [0, 0.05) is 23.4 Å². The second-order valence-corrected chi connectivity index (χ2v) is 11.7. The van der Waals surface area contributed by atoms with Crippen molar-refractivity contribution in [2.75, 3.05) is 12.8 Å². The van der Waals surface area contributed by atoms with E-state index >= 15 is 4.39 Å². The van der Waals surface area contributed by atoms with Crippen LogP contribution in [0.4, 0.5) is 4.39 Å². The number of guanidine groups is 1. The van der Waals surface area contributed by atoms with E-state index in [2.05, 4.69) is 21.0 Å². The van der Waals surface area contributed by atoms with Gasteiger partial charge >= 0.3 is 0 Å². The molecule has 2 aromatic heterocycles. The maximum atomic E-state index is 15.1. The maximum Gasteiger partial charge on any atom is 0.230 e. The number of benzene rings is 1. The van der Waals surface area contributed by atoms with E-state index < -0.39 is 21.1 Å². The molecule has 1 unspecified atom stereocenters. The molecule has 3 aromatic rings. The highest BCUT2D eigenvalue weighted by atomic mass is 32.2. The fourth-order valence-corrected chi connectivity index (χ4v) is 6.59. The van der Waals surface area contributed by atoms with Crippen LogP contribution < -0.4 is 5.73 Å². The molecule has 1 aliphatic carbocycles. The summed E-state index contributed by atoms with van der Waals surface area (Å²) >= 11 is 1.27. The summed E-state index contributed by atoms with van der Waals surface area (Å²) in [6, 6.07) is 9.07. The molecule has 1 fully saturated rings. The molecule has 7 nitrogen and oxygen atoms in total. The van der Waals surface area contributed by atoms with Gasteiger partial charge in [-0.3, -0.25) is 4.31 Å². The van der Waals surface area contributed by atoms with Gasteiger partial charge in [-0.15, -0.1) is 11.3 Å². The maximum absolute atomic E-state index is 15.1. The van der Waals surface area contributed by atoms with E-state index in [1.807, 2.05) is 24.3 Å². The van der Waals surface area contributed by atoms with E-state index in [-0.39, 0.29) is 11.7 Å². The number of hydrogen-bond acceptors (Lipinski definition) is 7. The van der Waals surface area contributed by atoms with Crippen molar-refractivity contribution in [3.63, 3.8) is 0 Å². The molecule has 0 bridgehead atoms. The first-order valence-electron chi connectivity index (χ1n) is 9.85. The molecule has 10 heteroatoms. The highest BCUT2D eigenvalue weighted by molar-refractivity contribution is 7.98. The average molecular weight is 460 g/mol. The normalized spacial score (nSPS) is 26.2. The van der Waals surface area contributed by atoms with Gasteiger partial charge < -0.3 is 10.3 Å². The first-order valence-corrected chi connectivity index (χ1v) is 12.5. The van der Waals surface area contributed by atoms with E-state index in [0.29, 0.717) is 22.5 Å². The minimum atomic E-state index is -2.69. The number of hydrogen-bond donors (Lipinski definition) is 1. The summed E-state index contributed by atoms with van der Waals surface area (Å²) in [7, 11) is -1.11. The molecule has 1 saturated carbocycles. The molecule has 1 aliphatic heterocycles. The Morgan fingerprint density at radius 2 is 2.10 bits per heavy atom. The highest BCUT2D eigenvalue weighted by Gasteiger charge is 2.40. The Morgan fingerprint density at radius 3 is 2.81 bits per heavy atom. The lowest BCUT2D eigenvalue weighted by molar-refractivity contribution is 0.380.